The van der Waals surface area contributed by atoms with Crippen LogP contribution in [-0.2, 0) is 28.0 Å². The molecule has 170 valence electrons. The number of nitrogens with one attached hydrogen (secondary N) is 2. The van der Waals surface area contributed by atoms with Gasteiger partial charge in [-0.3, -0.25) is 19.1 Å². The van der Waals surface area contributed by atoms with Crippen LogP contribution in [0.1, 0.15) is 23.5 Å². The number of aliphatic hydroxyl groups excluding tert-OH is 1. The number of carboxylic acid groups (broad SMARTS) is 1. The molecule has 0 aliphatic carbocycles. The lowest BCUT2D eigenvalue weighted by atomic mass is 9.90. The molecule has 4 N–H and O–H groups in total. The summed E-state index contributed by atoms with van der Waals surface area (Å²) in [5.41, 5.74) is 2.18. The molecule has 0 radical (unpaired) electrons. The van der Waals surface area contributed by atoms with E-state index in [9.17, 15) is 19.5 Å². The molecule has 2 aromatic rings. The van der Waals surface area contributed by atoms with Gasteiger partial charge in [0.15, 0.2) is 5.76 Å². The number of hydrogen-bond donors (Lipinski definition) is 4. The second-order valence-corrected chi connectivity index (χ2v) is 7.75. The quantitative estimate of drug-likeness (QED) is 0.500. The summed E-state index contributed by atoms with van der Waals surface area (Å²) in [5.74, 6) is -2.93. The molecule has 2 aliphatic rings. The third-order valence-electron chi connectivity index (χ3n) is 5.33. The van der Waals surface area contributed by atoms with Gasteiger partial charge >= 0.3 is 5.97 Å². The van der Waals surface area contributed by atoms with Crippen LogP contribution in [0.25, 0.3) is 0 Å². The number of fused-ring (bicyclic) bond motifs is 1. The fourth-order valence-electron chi connectivity index (χ4n) is 3.76. The molecule has 1 aromatic carbocycles. The van der Waals surface area contributed by atoms with Crippen molar-refractivity contribution in [1.82, 2.24) is 25.3 Å². The minimum Gasteiger partial charge on any atom is -0.505 e. The number of carboxylic acids is 1. The highest BCUT2D eigenvalue weighted by Gasteiger charge is 2.35. The van der Waals surface area contributed by atoms with E-state index < -0.39 is 17.8 Å². The van der Waals surface area contributed by atoms with Crippen LogP contribution in [0.15, 0.2) is 77.7 Å². The Hall–Kier alpha value is -4.34. The number of carbonyl (C=O) groups is 3. The van der Waals surface area contributed by atoms with Crippen molar-refractivity contribution in [1.29, 1.82) is 0 Å². The molecule has 33 heavy (non-hydrogen) atoms. The van der Waals surface area contributed by atoms with Crippen molar-refractivity contribution in [3.63, 3.8) is 0 Å². The summed E-state index contributed by atoms with van der Waals surface area (Å²) in [6.45, 7) is 0.167. The summed E-state index contributed by atoms with van der Waals surface area (Å²) in [7, 11) is 1.74. The van der Waals surface area contributed by atoms with E-state index in [4.69, 9.17) is 5.11 Å². The zero-order chi connectivity index (χ0) is 23.5. The maximum Gasteiger partial charge on any atom is 0.305 e. The van der Waals surface area contributed by atoms with Gasteiger partial charge in [0.25, 0.3) is 5.91 Å². The fourth-order valence-corrected chi connectivity index (χ4v) is 3.76. The van der Waals surface area contributed by atoms with Crippen LogP contribution in [0.2, 0.25) is 0 Å². The number of carbonyl (C=O) groups excluding carboxylic acids is 2. The average molecular weight is 449 g/mol. The zero-order valence-corrected chi connectivity index (χ0v) is 17.9. The summed E-state index contributed by atoms with van der Waals surface area (Å²) in [4.78, 5) is 38.1. The predicted molar refractivity (Wildman–Crippen MR) is 117 cm³/mol. The molecule has 3 heterocycles. The van der Waals surface area contributed by atoms with Crippen LogP contribution in [0, 0.1) is 0 Å². The number of hydrogen-bond acceptors (Lipinski definition) is 6. The van der Waals surface area contributed by atoms with E-state index in [0.717, 1.165) is 5.56 Å². The summed E-state index contributed by atoms with van der Waals surface area (Å²) in [6.07, 6.45) is 6.23. The Balaban J connectivity index is 1.71. The number of nitrogens with zero attached hydrogens (tertiary/aromatic N) is 3. The molecule has 2 aliphatic heterocycles. The number of aromatic nitrogens is 2. The largest absolute Gasteiger partial charge is 0.505 e. The van der Waals surface area contributed by atoms with Crippen LogP contribution in [0.5, 0.6) is 0 Å². The van der Waals surface area contributed by atoms with Gasteiger partial charge in [-0.1, -0.05) is 36.4 Å². The second-order valence-electron chi connectivity index (χ2n) is 7.75. The third-order valence-corrected chi connectivity index (χ3v) is 5.33. The molecule has 0 saturated heterocycles. The van der Waals surface area contributed by atoms with Gasteiger partial charge in [0, 0.05) is 43.7 Å². The van der Waals surface area contributed by atoms with Gasteiger partial charge in [-0.05, 0) is 5.56 Å². The van der Waals surface area contributed by atoms with E-state index >= 15 is 0 Å². The minimum absolute atomic E-state index is 0.0275. The van der Waals surface area contributed by atoms with Crippen molar-refractivity contribution in [3.8, 4) is 0 Å². The Morgan fingerprint density at radius 3 is 2.67 bits per heavy atom. The third kappa shape index (κ3) is 4.64. The van der Waals surface area contributed by atoms with Crippen LogP contribution >= 0.6 is 0 Å². The molecule has 10 nitrogen and oxygen atoms in total. The van der Waals surface area contributed by atoms with Gasteiger partial charge in [0.05, 0.1) is 24.2 Å². The lowest BCUT2D eigenvalue weighted by molar-refractivity contribution is -0.137. The van der Waals surface area contributed by atoms with Crippen LogP contribution < -0.4 is 10.6 Å². The maximum atomic E-state index is 13.0. The van der Waals surface area contributed by atoms with E-state index in [2.05, 4.69) is 15.7 Å². The molecule has 0 fully saturated rings. The molecular weight excluding hydrogens is 426 g/mol. The number of rotatable bonds is 7. The second kappa shape index (κ2) is 9.03. The van der Waals surface area contributed by atoms with Gasteiger partial charge in [-0.2, -0.15) is 5.10 Å². The van der Waals surface area contributed by atoms with Crippen molar-refractivity contribution in [2.45, 2.75) is 18.9 Å². The highest BCUT2D eigenvalue weighted by atomic mass is 16.4. The van der Waals surface area contributed by atoms with E-state index in [0.29, 0.717) is 16.8 Å². The minimum atomic E-state index is -1.04. The maximum absolute atomic E-state index is 13.0. The summed E-state index contributed by atoms with van der Waals surface area (Å²) >= 11 is 0. The van der Waals surface area contributed by atoms with Gasteiger partial charge < -0.3 is 25.7 Å². The number of aryl methyl sites for hydroxylation is 1. The Morgan fingerprint density at radius 2 is 2.00 bits per heavy atom. The molecule has 1 atom stereocenters. The monoisotopic (exact) mass is 449 g/mol. The van der Waals surface area contributed by atoms with Crippen LogP contribution in [-0.4, -0.2) is 49.2 Å². The Bertz CT molecular complexity index is 1190. The molecule has 0 bridgehead atoms. The average Bonchev–Trinajstić information content (AvgIpc) is 3.20. The molecule has 0 saturated carbocycles. The Kier molecular flexibility index (Phi) is 5.99. The SMILES string of the molecule is Cn1cc(C2C=C3C(=CN(Cc4ccccc4)C(C(=O)NCCC(=O)O)=C3O)NC2=O)cn1. The van der Waals surface area contributed by atoms with Gasteiger partial charge in [-0.25, -0.2) is 0 Å². The number of benzene rings is 1. The fraction of sp³-hybridized carbons (Fsp3) is 0.217. The molecule has 4 rings (SSSR count). The summed E-state index contributed by atoms with van der Waals surface area (Å²) in [6, 6.07) is 9.33. The van der Waals surface area contributed by atoms with Crippen molar-refractivity contribution < 1.29 is 24.6 Å². The first-order valence-corrected chi connectivity index (χ1v) is 10.3. The Morgan fingerprint density at radius 1 is 1.24 bits per heavy atom. The highest BCUT2D eigenvalue weighted by Crippen LogP contribution is 2.35. The number of aliphatic hydroxyl groups is 1. The smallest absolute Gasteiger partial charge is 0.305 e. The molecule has 1 unspecified atom stereocenters. The highest BCUT2D eigenvalue weighted by molar-refractivity contribution is 5.97. The van der Waals surface area contributed by atoms with Gasteiger partial charge in [0.2, 0.25) is 5.91 Å². The predicted octanol–water partition coefficient (Wildman–Crippen LogP) is 1.28. The molecular formula is C23H23N5O5. The Labute approximate surface area is 189 Å². The zero-order valence-electron chi connectivity index (χ0n) is 17.9. The normalized spacial score (nSPS) is 17.7. The first-order chi connectivity index (χ1) is 15.8. The van der Waals surface area contributed by atoms with Crippen molar-refractivity contribution in [2.75, 3.05) is 6.54 Å². The van der Waals surface area contributed by atoms with Gasteiger partial charge in [0.1, 0.15) is 5.70 Å². The lowest BCUT2D eigenvalue weighted by Crippen LogP contribution is -2.41. The topological polar surface area (TPSA) is 137 Å². The standard InChI is InChI=1S/C23H23N5O5/c1-27-12-15(10-25-27)16-9-17-18(26-22(16)32)13-28(11-14-5-3-2-4-6-14)20(21(17)31)23(33)24-8-7-19(29)30/h2-6,9-10,12-13,16,31H,7-8,11H2,1H3,(H,24,33)(H,26,32)(H,29,30). The molecule has 0 spiro atoms. The van der Waals surface area contributed by atoms with E-state index in [-0.39, 0.29) is 36.9 Å². The molecule has 2 amide bonds. The van der Waals surface area contributed by atoms with Gasteiger partial charge in [-0.15, -0.1) is 0 Å². The summed E-state index contributed by atoms with van der Waals surface area (Å²) in [5, 5.41) is 29.4. The first kappa shape index (κ1) is 21.9. The van der Waals surface area contributed by atoms with Crippen LogP contribution in [0.3, 0.4) is 0 Å². The lowest BCUT2D eigenvalue weighted by Gasteiger charge is -2.33. The van der Waals surface area contributed by atoms with E-state index in [1.54, 1.807) is 36.4 Å². The number of amides is 2. The molecule has 10 heteroatoms. The van der Waals surface area contributed by atoms with E-state index in [1.807, 2.05) is 30.3 Å². The van der Waals surface area contributed by atoms with Crippen molar-refractivity contribution >= 4 is 17.8 Å². The van der Waals surface area contributed by atoms with Crippen molar-refractivity contribution in [3.05, 3.63) is 88.9 Å². The molecule has 1 aromatic heterocycles. The summed E-state index contributed by atoms with van der Waals surface area (Å²) < 4.78 is 1.58. The van der Waals surface area contributed by atoms with E-state index in [1.165, 1.54) is 4.90 Å². The number of aliphatic carboxylic acids is 1. The van der Waals surface area contributed by atoms with Crippen molar-refractivity contribution in [2.24, 2.45) is 7.05 Å². The van der Waals surface area contributed by atoms with Crippen LogP contribution in [0.4, 0.5) is 0 Å². The first-order valence-electron chi connectivity index (χ1n) is 10.3.